The number of β-amino-alcohol motifs (C(OH)–C–C–N with tert-alkyl or cyclic N) is 1. The lowest BCUT2D eigenvalue weighted by Gasteiger charge is -2.31. The van der Waals surface area contributed by atoms with Crippen molar-refractivity contribution in [3.63, 3.8) is 0 Å². The van der Waals surface area contributed by atoms with Crippen LogP contribution in [0.3, 0.4) is 0 Å². The van der Waals surface area contributed by atoms with Crippen LogP contribution in [-0.2, 0) is 9.59 Å². The van der Waals surface area contributed by atoms with Gasteiger partial charge in [-0.25, -0.2) is 0 Å². The molecule has 1 saturated heterocycles. The molecule has 2 fully saturated rings. The number of nitrogens with two attached hydrogens (primary N) is 1. The maximum atomic E-state index is 13.1. The van der Waals surface area contributed by atoms with E-state index >= 15 is 0 Å². The summed E-state index contributed by atoms with van der Waals surface area (Å²) in [5.41, 5.74) is 6.78. The highest BCUT2D eigenvalue weighted by Crippen LogP contribution is 2.26. The summed E-state index contributed by atoms with van der Waals surface area (Å²) < 4.78 is 0. The molecule has 1 aliphatic heterocycles. The first-order valence-electron chi connectivity index (χ1n) is 12.1. The summed E-state index contributed by atoms with van der Waals surface area (Å²) in [6.45, 7) is 3.37. The number of carbonyl (C=O) groups is 2. The van der Waals surface area contributed by atoms with E-state index in [1.807, 2.05) is 12.2 Å². The van der Waals surface area contributed by atoms with Crippen LogP contribution in [0.2, 0.25) is 0 Å². The molecule has 4 atom stereocenters. The lowest BCUT2D eigenvalue weighted by Crippen LogP contribution is -2.53. The smallest absolute Gasteiger partial charge is 0.245 e. The van der Waals surface area contributed by atoms with Crippen LogP contribution in [0.5, 0.6) is 0 Å². The van der Waals surface area contributed by atoms with Crippen LogP contribution in [0.4, 0.5) is 0 Å². The van der Waals surface area contributed by atoms with Crippen molar-refractivity contribution >= 4 is 11.8 Å². The largest absolute Gasteiger partial charge is 0.377 e. The van der Waals surface area contributed by atoms with Crippen LogP contribution in [0.25, 0.3) is 0 Å². The third kappa shape index (κ3) is 7.16. The van der Waals surface area contributed by atoms with E-state index in [0.29, 0.717) is 31.8 Å². The van der Waals surface area contributed by atoms with E-state index in [-0.39, 0.29) is 30.3 Å². The standard InChI is InChI=1S/C24H40N4O3/c1-17-10-11-19(15-25)13-21(17)27-23(30)16-28-12-6-5-9-20(24(28)31)26-22(29)14-18-7-3-2-4-8-18/h10-11,13,17-18,20-21,23,27,30H,2-9,12,14-16,25H2,1H3,(H,26,29). The average molecular weight is 433 g/mol. The first-order chi connectivity index (χ1) is 15.0. The number of nitrogens with zero attached hydrogens (tertiary/aromatic N) is 1. The van der Waals surface area contributed by atoms with Crippen LogP contribution in [0.15, 0.2) is 23.8 Å². The predicted octanol–water partition coefficient (Wildman–Crippen LogP) is 1.82. The molecule has 0 aromatic rings. The maximum Gasteiger partial charge on any atom is 0.245 e. The van der Waals surface area contributed by atoms with Crippen LogP contribution in [0.1, 0.15) is 64.7 Å². The fraction of sp³-hybridized carbons (Fsp3) is 0.750. The van der Waals surface area contributed by atoms with Crippen molar-refractivity contribution in [1.29, 1.82) is 0 Å². The first-order valence-corrected chi connectivity index (χ1v) is 12.1. The van der Waals surface area contributed by atoms with Gasteiger partial charge in [0, 0.05) is 25.6 Å². The van der Waals surface area contributed by atoms with Gasteiger partial charge in [-0.3, -0.25) is 14.9 Å². The van der Waals surface area contributed by atoms with Crippen LogP contribution in [-0.4, -0.2) is 59.8 Å². The summed E-state index contributed by atoms with van der Waals surface area (Å²) in [6, 6.07) is -0.502. The Morgan fingerprint density at radius 2 is 1.97 bits per heavy atom. The fourth-order valence-corrected chi connectivity index (χ4v) is 4.98. The Morgan fingerprint density at radius 1 is 1.23 bits per heavy atom. The van der Waals surface area contributed by atoms with Crippen molar-refractivity contribution in [2.45, 2.75) is 83.0 Å². The Bertz CT molecular complexity index is 672. The first kappa shape index (κ1) is 24.0. The number of aliphatic hydroxyl groups is 1. The summed E-state index contributed by atoms with van der Waals surface area (Å²) in [5.74, 6) is 0.601. The van der Waals surface area contributed by atoms with Crippen LogP contribution >= 0.6 is 0 Å². The molecule has 5 N–H and O–H groups in total. The highest BCUT2D eigenvalue weighted by Gasteiger charge is 2.31. The topological polar surface area (TPSA) is 108 Å². The van der Waals surface area contributed by atoms with Gasteiger partial charge in [0.15, 0.2) is 0 Å². The Labute approximate surface area is 186 Å². The molecule has 1 heterocycles. The van der Waals surface area contributed by atoms with Crippen molar-refractivity contribution in [1.82, 2.24) is 15.5 Å². The number of carbonyl (C=O) groups excluding carboxylic acids is 2. The molecule has 0 radical (unpaired) electrons. The number of nitrogens with one attached hydrogen (secondary N) is 2. The van der Waals surface area contributed by atoms with Crippen molar-refractivity contribution in [2.24, 2.45) is 17.6 Å². The minimum atomic E-state index is -0.838. The minimum absolute atomic E-state index is 0.00644. The van der Waals surface area contributed by atoms with Crippen LogP contribution in [0, 0.1) is 11.8 Å². The van der Waals surface area contributed by atoms with Crippen molar-refractivity contribution < 1.29 is 14.7 Å². The Balaban J connectivity index is 1.52. The molecule has 2 aliphatic carbocycles. The van der Waals surface area contributed by atoms with Gasteiger partial charge in [0.1, 0.15) is 12.3 Å². The molecule has 3 aliphatic rings. The van der Waals surface area contributed by atoms with Gasteiger partial charge in [0.2, 0.25) is 11.8 Å². The van der Waals surface area contributed by atoms with Gasteiger partial charge >= 0.3 is 0 Å². The van der Waals surface area contributed by atoms with Gasteiger partial charge in [-0.2, -0.15) is 0 Å². The Hall–Kier alpha value is -1.70. The van der Waals surface area contributed by atoms with Crippen molar-refractivity contribution in [3.8, 4) is 0 Å². The lowest BCUT2D eigenvalue weighted by molar-refractivity contribution is -0.137. The summed E-state index contributed by atoms with van der Waals surface area (Å²) >= 11 is 0. The molecule has 174 valence electrons. The van der Waals surface area contributed by atoms with Gasteiger partial charge in [-0.15, -0.1) is 0 Å². The highest BCUT2D eigenvalue weighted by molar-refractivity contribution is 5.88. The van der Waals surface area contributed by atoms with E-state index in [2.05, 4.69) is 23.6 Å². The molecule has 0 bridgehead atoms. The van der Waals surface area contributed by atoms with E-state index in [1.54, 1.807) is 4.90 Å². The molecule has 0 aromatic heterocycles. The summed E-state index contributed by atoms with van der Waals surface area (Å²) in [7, 11) is 0. The number of hydrogen-bond acceptors (Lipinski definition) is 5. The molecule has 0 spiro atoms. The molecule has 7 heteroatoms. The van der Waals surface area contributed by atoms with Gasteiger partial charge < -0.3 is 21.1 Å². The molecule has 7 nitrogen and oxygen atoms in total. The molecule has 0 aromatic carbocycles. The van der Waals surface area contributed by atoms with Crippen molar-refractivity contribution in [2.75, 3.05) is 19.6 Å². The number of aliphatic hydroxyl groups excluding tert-OH is 1. The van der Waals surface area contributed by atoms with Gasteiger partial charge in [-0.05, 0) is 49.5 Å². The summed E-state index contributed by atoms with van der Waals surface area (Å²) in [4.78, 5) is 27.4. The second kappa shape index (κ2) is 11.8. The molecular formula is C24H40N4O3. The van der Waals surface area contributed by atoms with Gasteiger partial charge in [0.25, 0.3) is 0 Å². The second-order valence-corrected chi connectivity index (χ2v) is 9.48. The molecule has 1 saturated carbocycles. The maximum absolute atomic E-state index is 13.1. The fourth-order valence-electron chi connectivity index (χ4n) is 4.98. The summed E-state index contributed by atoms with van der Waals surface area (Å²) in [6.07, 6.45) is 14.2. The summed E-state index contributed by atoms with van der Waals surface area (Å²) in [5, 5.41) is 16.9. The molecular weight excluding hydrogens is 392 g/mol. The minimum Gasteiger partial charge on any atom is -0.377 e. The Kier molecular flexibility index (Phi) is 9.11. The zero-order valence-corrected chi connectivity index (χ0v) is 18.9. The molecule has 4 unspecified atom stereocenters. The average Bonchev–Trinajstić information content (AvgIpc) is 2.92. The third-order valence-electron chi connectivity index (χ3n) is 6.90. The number of rotatable bonds is 8. The van der Waals surface area contributed by atoms with Crippen LogP contribution < -0.4 is 16.4 Å². The number of likely N-dealkylation sites (tertiary alicyclic amines) is 1. The monoisotopic (exact) mass is 432 g/mol. The van der Waals surface area contributed by atoms with E-state index < -0.39 is 12.3 Å². The molecule has 3 rings (SSSR count). The van der Waals surface area contributed by atoms with Gasteiger partial charge in [-0.1, -0.05) is 44.4 Å². The Morgan fingerprint density at radius 3 is 2.71 bits per heavy atom. The zero-order valence-electron chi connectivity index (χ0n) is 18.9. The van der Waals surface area contributed by atoms with E-state index in [0.717, 1.165) is 31.3 Å². The van der Waals surface area contributed by atoms with E-state index in [1.165, 1.54) is 19.3 Å². The highest BCUT2D eigenvalue weighted by atomic mass is 16.3. The SMILES string of the molecule is CC1C=CC(CN)=CC1NC(O)CN1CCCCC(NC(=O)CC2CCCCC2)C1=O. The molecule has 2 amide bonds. The second-order valence-electron chi connectivity index (χ2n) is 9.48. The lowest BCUT2D eigenvalue weighted by atomic mass is 9.87. The number of amides is 2. The normalized spacial score (nSPS) is 28.7. The van der Waals surface area contributed by atoms with Gasteiger partial charge in [0.05, 0.1) is 6.54 Å². The zero-order chi connectivity index (χ0) is 22.2. The third-order valence-corrected chi connectivity index (χ3v) is 6.90. The number of hydrogen-bond donors (Lipinski definition) is 4. The van der Waals surface area contributed by atoms with E-state index in [9.17, 15) is 14.7 Å². The van der Waals surface area contributed by atoms with E-state index in [4.69, 9.17) is 5.73 Å². The molecule has 31 heavy (non-hydrogen) atoms. The quantitative estimate of drug-likeness (QED) is 0.438. The van der Waals surface area contributed by atoms with Crippen molar-refractivity contribution in [3.05, 3.63) is 23.8 Å². The predicted molar refractivity (Wildman–Crippen MR) is 122 cm³/mol.